The Labute approximate surface area is 89.9 Å². The number of hydrogen-bond acceptors (Lipinski definition) is 2. The number of aromatic hydroxyl groups is 1. The molecule has 2 nitrogen and oxygen atoms in total. The number of halogens is 4. The largest absolute Gasteiger partial charge is 0.508 e. The van der Waals surface area contributed by atoms with Crippen molar-refractivity contribution >= 4 is 0 Å². The first kappa shape index (κ1) is 12.8. The molecule has 1 aromatic rings. The van der Waals surface area contributed by atoms with Gasteiger partial charge in [-0.15, -0.1) is 0 Å². The highest BCUT2D eigenvalue weighted by atomic mass is 19.3. The predicted molar refractivity (Wildman–Crippen MR) is 50.8 cm³/mol. The molecule has 0 amide bonds. The lowest BCUT2D eigenvalue weighted by atomic mass is 10.2. The first-order chi connectivity index (χ1) is 7.42. The minimum Gasteiger partial charge on any atom is -0.508 e. The van der Waals surface area contributed by atoms with Crippen LogP contribution in [0.5, 0.6) is 5.75 Å². The van der Waals surface area contributed by atoms with Gasteiger partial charge in [-0.25, -0.2) is 8.78 Å². The first-order valence-electron chi connectivity index (χ1n) is 4.56. The van der Waals surface area contributed by atoms with E-state index in [1.165, 1.54) is 18.2 Å². The maximum atomic E-state index is 12.5. The Morgan fingerprint density at radius 2 is 2.00 bits per heavy atom. The summed E-state index contributed by atoms with van der Waals surface area (Å²) >= 11 is 0. The Morgan fingerprint density at radius 3 is 2.56 bits per heavy atom. The molecule has 0 saturated carbocycles. The van der Waals surface area contributed by atoms with E-state index in [1.807, 2.05) is 0 Å². The molecule has 0 radical (unpaired) electrons. The van der Waals surface area contributed by atoms with E-state index in [1.54, 1.807) is 6.07 Å². The zero-order valence-corrected chi connectivity index (χ0v) is 8.26. The molecule has 0 aromatic heterocycles. The van der Waals surface area contributed by atoms with Crippen molar-refractivity contribution in [1.29, 1.82) is 0 Å². The summed E-state index contributed by atoms with van der Waals surface area (Å²) in [6.45, 7) is -1.10. The molecule has 90 valence electrons. The Hall–Kier alpha value is -1.30. The Bertz CT molecular complexity index is 343. The lowest BCUT2D eigenvalue weighted by Gasteiger charge is -2.15. The van der Waals surface area contributed by atoms with Crippen molar-refractivity contribution in [3.8, 4) is 5.75 Å². The van der Waals surface area contributed by atoms with Gasteiger partial charge < -0.3 is 10.4 Å². The molecule has 16 heavy (non-hydrogen) atoms. The molecule has 0 aliphatic carbocycles. The average molecular weight is 237 g/mol. The van der Waals surface area contributed by atoms with Gasteiger partial charge in [0.05, 0.1) is 6.54 Å². The molecule has 6 heteroatoms. The number of rotatable bonds is 5. The average Bonchev–Trinajstić information content (AvgIpc) is 2.17. The van der Waals surface area contributed by atoms with E-state index < -0.39 is 18.9 Å². The molecule has 0 unspecified atom stereocenters. The highest BCUT2D eigenvalue weighted by Crippen LogP contribution is 2.21. The lowest BCUT2D eigenvalue weighted by molar-refractivity contribution is -0.125. The Balaban J connectivity index is 2.42. The third kappa shape index (κ3) is 3.69. The summed E-state index contributed by atoms with van der Waals surface area (Å²) in [7, 11) is 0. The maximum absolute atomic E-state index is 12.5. The van der Waals surface area contributed by atoms with E-state index >= 15 is 0 Å². The van der Waals surface area contributed by atoms with Gasteiger partial charge in [0.1, 0.15) is 5.75 Å². The van der Waals surface area contributed by atoms with Crippen LogP contribution in [0.2, 0.25) is 0 Å². The van der Waals surface area contributed by atoms with Gasteiger partial charge in [-0.05, 0) is 17.7 Å². The van der Waals surface area contributed by atoms with Gasteiger partial charge in [0, 0.05) is 6.54 Å². The molecule has 0 aliphatic rings. The van der Waals surface area contributed by atoms with Crippen LogP contribution in [0.25, 0.3) is 0 Å². The molecule has 0 spiro atoms. The second-order valence-corrected chi connectivity index (χ2v) is 3.34. The monoisotopic (exact) mass is 237 g/mol. The normalized spacial score (nSPS) is 12.1. The van der Waals surface area contributed by atoms with Crippen molar-refractivity contribution in [3.63, 3.8) is 0 Å². The molecule has 1 aromatic carbocycles. The summed E-state index contributed by atoms with van der Waals surface area (Å²) < 4.78 is 48.5. The number of alkyl halides is 4. The van der Waals surface area contributed by atoms with Crippen LogP contribution in [0.3, 0.4) is 0 Å². The number of hydrogen-bond donors (Lipinski definition) is 2. The molecule has 0 fully saturated rings. The van der Waals surface area contributed by atoms with Crippen molar-refractivity contribution in [2.24, 2.45) is 0 Å². The molecule has 0 bridgehead atoms. The second kappa shape index (κ2) is 5.16. The minimum absolute atomic E-state index is 0.0000743. The molecule has 2 N–H and O–H groups in total. The van der Waals surface area contributed by atoms with Crippen molar-refractivity contribution in [3.05, 3.63) is 29.8 Å². The van der Waals surface area contributed by atoms with Crippen LogP contribution < -0.4 is 5.32 Å². The third-order valence-corrected chi connectivity index (χ3v) is 1.92. The van der Waals surface area contributed by atoms with Crippen molar-refractivity contribution in [2.75, 3.05) is 6.54 Å². The molecule has 0 aliphatic heterocycles. The Kier molecular flexibility index (Phi) is 4.12. The van der Waals surface area contributed by atoms with Crippen LogP contribution in [0.15, 0.2) is 24.3 Å². The fourth-order valence-electron chi connectivity index (χ4n) is 1.12. The number of nitrogens with one attached hydrogen (secondary N) is 1. The van der Waals surface area contributed by atoms with Gasteiger partial charge in [0.25, 0.3) is 0 Å². The number of phenolic OH excluding ortho intramolecular Hbond substituents is 1. The van der Waals surface area contributed by atoms with Gasteiger partial charge in [0.15, 0.2) is 0 Å². The molecule has 0 atom stereocenters. The van der Waals surface area contributed by atoms with Crippen molar-refractivity contribution in [1.82, 2.24) is 5.32 Å². The summed E-state index contributed by atoms with van der Waals surface area (Å²) in [5, 5.41) is 11.3. The molecule has 1 rings (SSSR count). The molecule has 0 heterocycles. The number of benzene rings is 1. The molecule has 0 saturated heterocycles. The van der Waals surface area contributed by atoms with E-state index in [0.717, 1.165) is 0 Å². The standard InChI is InChI=1S/C10H11F4NO/c11-9(12)10(13,14)6-15-5-7-2-1-3-8(16)4-7/h1-4,9,15-16H,5-6H2. The van der Waals surface area contributed by atoms with E-state index in [2.05, 4.69) is 5.32 Å². The van der Waals surface area contributed by atoms with Crippen LogP contribution >= 0.6 is 0 Å². The van der Waals surface area contributed by atoms with Crippen molar-refractivity contribution < 1.29 is 22.7 Å². The minimum atomic E-state index is -4.03. The summed E-state index contributed by atoms with van der Waals surface area (Å²) in [6, 6.07) is 5.93. The highest BCUT2D eigenvalue weighted by molar-refractivity contribution is 5.26. The quantitative estimate of drug-likeness (QED) is 0.770. The SMILES string of the molecule is Oc1cccc(CNCC(F)(F)C(F)F)c1. The summed E-state index contributed by atoms with van der Waals surface area (Å²) in [4.78, 5) is 0. The summed E-state index contributed by atoms with van der Waals surface area (Å²) in [6.07, 6.45) is -3.68. The highest BCUT2D eigenvalue weighted by Gasteiger charge is 2.39. The van der Waals surface area contributed by atoms with E-state index in [9.17, 15) is 17.6 Å². The fraction of sp³-hybridized carbons (Fsp3) is 0.400. The topological polar surface area (TPSA) is 32.3 Å². The smallest absolute Gasteiger partial charge is 0.319 e. The van der Waals surface area contributed by atoms with E-state index in [0.29, 0.717) is 5.56 Å². The van der Waals surface area contributed by atoms with Gasteiger partial charge in [0.2, 0.25) is 0 Å². The molecular formula is C10H11F4NO. The van der Waals surface area contributed by atoms with Gasteiger partial charge in [-0.2, -0.15) is 8.78 Å². The second-order valence-electron chi connectivity index (χ2n) is 3.34. The van der Waals surface area contributed by atoms with E-state index in [-0.39, 0.29) is 12.3 Å². The lowest BCUT2D eigenvalue weighted by Crippen LogP contribution is -2.38. The van der Waals surface area contributed by atoms with Gasteiger partial charge in [-0.3, -0.25) is 0 Å². The van der Waals surface area contributed by atoms with Crippen LogP contribution in [-0.4, -0.2) is 24.0 Å². The van der Waals surface area contributed by atoms with Gasteiger partial charge in [-0.1, -0.05) is 12.1 Å². The zero-order valence-electron chi connectivity index (χ0n) is 8.26. The maximum Gasteiger partial charge on any atom is 0.319 e. The van der Waals surface area contributed by atoms with Crippen LogP contribution in [0.1, 0.15) is 5.56 Å². The Morgan fingerprint density at radius 1 is 1.31 bits per heavy atom. The van der Waals surface area contributed by atoms with Crippen LogP contribution in [-0.2, 0) is 6.54 Å². The third-order valence-electron chi connectivity index (χ3n) is 1.92. The fourth-order valence-corrected chi connectivity index (χ4v) is 1.12. The van der Waals surface area contributed by atoms with Crippen molar-refractivity contribution in [2.45, 2.75) is 18.9 Å². The predicted octanol–water partition coefficient (Wildman–Crippen LogP) is 2.38. The van der Waals surface area contributed by atoms with E-state index in [4.69, 9.17) is 5.11 Å². The zero-order chi connectivity index (χ0) is 12.2. The summed E-state index contributed by atoms with van der Waals surface area (Å²) in [5.41, 5.74) is 0.546. The molecular weight excluding hydrogens is 226 g/mol. The number of phenols is 1. The van der Waals surface area contributed by atoms with Crippen LogP contribution in [0, 0.1) is 0 Å². The van der Waals surface area contributed by atoms with Gasteiger partial charge >= 0.3 is 12.3 Å². The first-order valence-corrected chi connectivity index (χ1v) is 4.56. The summed E-state index contributed by atoms with van der Waals surface area (Å²) in [5.74, 6) is -4.03. The van der Waals surface area contributed by atoms with Crippen LogP contribution in [0.4, 0.5) is 17.6 Å².